The summed E-state index contributed by atoms with van der Waals surface area (Å²) in [6, 6.07) is 8.06. The van der Waals surface area contributed by atoms with Gasteiger partial charge in [-0.05, 0) is 11.6 Å². The topological polar surface area (TPSA) is 59.6 Å². The molecule has 0 radical (unpaired) electrons. The van der Waals surface area contributed by atoms with Gasteiger partial charge in [0, 0.05) is 31.7 Å². The minimum absolute atomic E-state index is 0.102. The Labute approximate surface area is 106 Å². The lowest BCUT2D eigenvalue weighted by molar-refractivity contribution is -0.134. The highest BCUT2D eigenvalue weighted by Gasteiger charge is 2.23. The van der Waals surface area contributed by atoms with E-state index in [9.17, 15) is 4.79 Å². The first kappa shape index (κ1) is 12.9. The molecule has 0 spiro atoms. The van der Waals surface area contributed by atoms with E-state index >= 15 is 0 Å². The molecule has 0 saturated heterocycles. The third kappa shape index (κ3) is 3.21. The predicted octanol–water partition coefficient (Wildman–Crippen LogP) is 1.28. The number of nitrogens with one attached hydrogen (secondary N) is 2. The highest BCUT2D eigenvalue weighted by atomic mass is 16.7. The number of carbonyl (C=O) groups excluding carboxylic acids is 1. The zero-order valence-corrected chi connectivity index (χ0v) is 10.4. The van der Waals surface area contributed by atoms with Gasteiger partial charge in [0.15, 0.2) is 0 Å². The van der Waals surface area contributed by atoms with Crippen molar-refractivity contribution in [1.29, 1.82) is 0 Å². The molecule has 5 heteroatoms. The van der Waals surface area contributed by atoms with Crippen molar-refractivity contribution in [2.24, 2.45) is 0 Å². The molecule has 2 rings (SSSR count). The van der Waals surface area contributed by atoms with Gasteiger partial charge in [0.25, 0.3) is 0 Å². The van der Waals surface area contributed by atoms with Crippen molar-refractivity contribution in [1.82, 2.24) is 5.48 Å². The Morgan fingerprint density at radius 3 is 3.11 bits per heavy atom. The molecule has 1 heterocycles. The monoisotopic (exact) mass is 250 g/mol. The Morgan fingerprint density at radius 2 is 2.28 bits per heavy atom. The van der Waals surface area contributed by atoms with Crippen LogP contribution >= 0.6 is 0 Å². The molecule has 0 aliphatic carbocycles. The van der Waals surface area contributed by atoms with Crippen molar-refractivity contribution in [3.8, 4) is 0 Å². The van der Waals surface area contributed by atoms with Gasteiger partial charge in [0.05, 0.1) is 13.2 Å². The number of fused-ring (bicyclic) bond motifs is 1. The third-order valence-electron chi connectivity index (χ3n) is 2.95. The van der Waals surface area contributed by atoms with Crippen LogP contribution in [0.5, 0.6) is 0 Å². The summed E-state index contributed by atoms with van der Waals surface area (Å²) in [4.78, 5) is 16.7. The Bertz CT molecular complexity index is 409. The Morgan fingerprint density at radius 1 is 1.44 bits per heavy atom. The Balaban J connectivity index is 1.79. The van der Waals surface area contributed by atoms with Crippen LogP contribution in [0.15, 0.2) is 24.3 Å². The van der Waals surface area contributed by atoms with E-state index in [1.807, 2.05) is 18.2 Å². The fraction of sp³-hybridized carbons (Fsp3) is 0.462. The predicted molar refractivity (Wildman–Crippen MR) is 68.3 cm³/mol. The van der Waals surface area contributed by atoms with E-state index in [1.165, 1.54) is 5.56 Å². The van der Waals surface area contributed by atoms with E-state index in [0.29, 0.717) is 19.6 Å². The summed E-state index contributed by atoms with van der Waals surface area (Å²) in [5, 5.41) is 3.29. The van der Waals surface area contributed by atoms with Crippen LogP contribution in [0.2, 0.25) is 0 Å². The van der Waals surface area contributed by atoms with Crippen LogP contribution in [0.1, 0.15) is 17.9 Å². The first-order valence-electron chi connectivity index (χ1n) is 6.03. The number of methoxy groups -OCH3 is 1. The second-order valence-corrected chi connectivity index (χ2v) is 4.24. The molecule has 0 fully saturated rings. The quantitative estimate of drug-likeness (QED) is 0.590. The van der Waals surface area contributed by atoms with Crippen LogP contribution < -0.4 is 10.8 Å². The smallest absolute Gasteiger partial charge is 0.244 e. The van der Waals surface area contributed by atoms with Crippen molar-refractivity contribution in [2.75, 3.05) is 32.2 Å². The Hall–Kier alpha value is -1.59. The zero-order valence-electron chi connectivity index (χ0n) is 10.4. The zero-order chi connectivity index (χ0) is 12.8. The summed E-state index contributed by atoms with van der Waals surface area (Å²) in [7, 11) is 1.59. The molecule has 1 aliphatic rings. The number of benzene rings is 1. The average Bonchev–Trinajstić information content (AvgIpc) is 2.78. The largest absolute Gasteiger partial charge is 0.384 e. The van der Waals surface area contributed by atoms with Gasteiger partial charge in [-0.3, -0.25) is 9.63 Å². The summed E-state index contributed by atoms with van der Waals surface area (Å²) in [5.41, 5.74) is 4.75. The number of hydroxylamine groups is 1. The molecule has 2 N–H and O–H groups in total. The van der Waals surface area contributed by atoms with Gasteiger partial charge in [-0.15, -0.1) is 0 Å². The molecule has 0 bridgehead atoms. The van der Waals surface area contributed by atoms with Crippen LogP contribution in [0.4, 0.5) is 5.69 Å². The molecular weight excluding hydrogens is 232 g/mol. The van der Waals surface area contributed by atoms with Crippen LogP contribution in [-0.2, 0) is 14.4 Å². The fourth-order valence-corrected chi connectivity index (χ4v) is 2.06. The number of hydrogen-bond acceptors (Lipinski definition) is 4. The second-order valence-electron chi connectivity index (χ2n) is 4.24. The van der Waals surface area contributed by atoms with Gasteiger partial charge in [-0.2, -0.15) is 0 Å². The van der Waals surface area contributed by atoms with Crippen molar-refractivity contribution in [3.05, 3.63) is 29.8 Å². The standard InChI is InChI=1S/C13H18N2O3/c1-17-6-7-18-15-13(16)8-10-9-14-12-5-3-2-4-11(10)12/h2-5,10,14H,6-9H2,1H3,(H,15,16). The normalized spacial score (nSPS) is 17.1. The van der Waals surface area contributed by atoms with Crippen LogP contribution in [0, 0.1) is 0 Å². The van der Waals surface area contributed by atoms with Gasteiger partial charge < -0.3 is 10.1 Å². The summed E-state index contributed by atoms with van der Waals surface area (Å²) in [6.45, 7) is 1.63. The SMILES string of the molecule is COCCONC(=O)CC1CNc2ccccc21. The van der Waals surface area contributed by atoms with Gasteiger partial charge in [-0.25, -0.2) is 5.48 Å². The number of hydrogen-bond donors (Lipinski definition) is 2. The molecule has 1 aromatic carbocycles. The number of carbonyl (C=O) groups is 1. The van der Waals surface area contributed by atoms with Crippen molar-refractivity contribution >= 4 is 11.6 Å². The van der Waals surface area contributed by atoms with Gasteiger partial charge in [0.2, 0.25) is 5.91 Å². The van der Waals surface area contributed by atoms with E-state index < -0.39 is 0 Å². The molecule has 5 nitrogen and oxygen atoms in total. The number of amides is 1. The van der Waals surface area contributed by atoms with Crippen molar-refractivity contribution in [3.63, 3.8) is 0 Å². The maximum atomic E-state index is 11.7. The molecule has 1 aliphatic heterocycles. The van der Waals surface area contributed by atoms with E-state index in [2.05, 4.69) is 16.9 Å². The second kappa shape index (κ2) is 6.37. The number of ether oxygens (including phenoxy) is 1. The molecule has 1 unspecified atom stereocenters. The number of para-hydroxylation sites is 1. The molecule has 98 valence electrons. The molecule has 0 saturated carbocycles. The van der Waals surface area contributed by atoms with E-state index in [1.54, 1.807) is 7.11 Å². The molecule has 18 heavy (non-hydrogen) atoms. The third-order valence-corrected chi connectivity index (χ3v) is 2.95. The number of rotatable bonds is 6. The lowest BCUT2D eigenvalue weighted by Crippen LogP contribution is -2.27. The molecule has 1 aromatic rings. The first-order valence-corrected chi connectivity index (χ1v) is 6.03. The van der Waals surface area contributed by atoms with Crippen LogP contribution in [0.25, 0.3) is 0 Å². The van der Waals surface area contributed by atoms with Crippen molar-refractivity contribution < 1.29 is 14.4 Å². The lowest BCUT2D eigenvalue weighted by atomic mass is 9.98. The maximum absolute atomic E-state index is 11.7. The summed E-state index contributed by atoms with van der Waals surface area (Å²) < 4.78 is 4.82. The Kier molecular flexibility index (Phi) is 4.55. The molecule has 0 aromatic heterocycles. The van der Waals surface area contributed by atoms with Gasteiger partial charge in [0.1, 0.15) is 0 Å². The molecule has 1 atom stereocenters. The minimum Gasteiger partial charge on any atom is -0.384 e. The molecular formula is C13H18N2O3. The van der Waals surface area contributed by atoms with Gasteiger partial charge >= 0.3 is 0 Å². The fourth-order valence-electron chi connectivity index (χ4n) is 2.06. The van der Waals surface area contributed by atoms with Gasteiger partial charge in [-0.1, -0.05) is 18.2 Å². The van der Waals surface area contributed by atoms with E-state index in [-0.39, 0.29) is 11.8 Å². The van der Waals surface area contributed by atoms with Crippen molar-refractivity contribution in [2.45, 2.75) is 12.3 Å². The number of anilines is 1. The van der Waals surface area contributed by atoms with E-state index in [4.69, 9.17) is 9.57 Å². The van der Waals surface area contributed by atoms with Crippen LogP contribution in [0.3, 0.4) is 0 Å². The minimum atomic E-state index is -0.102. The maximum Gasteiger partial charge on any atom is 0.244 e. The first-order chi connectivity index (χ1) is 8.81. The highest BCUT2D eigenvalue weighted by Crippen LogP contribution is 2.32. The average molecular weight is 250 g/mol. The summed E-state index contributed by atoms with van der Waals surface area (Å²) in [6.07, 6.45) is 0.428. The highest BCUT2D eigenvalue weighted by molar-refractivity contribution is 5.77. The summed E-state index contributed by atoms with van der Waals surface area (Å²) in [5.74, 6) is 0.113. The molecule has 1 amide bonds. The van der Waals surface area contributed by atoms with Crippen LogP contribution in [-0.4, -0.2) is 32.8 Å². The van der Waals surface area contributed by atoms with E-state index in [0.717, 1.165) is 12.2 Å². The lowest BCUT2D eigenvalue weighted by Gasteiger charge is -2.10. The summed E-state index contributed by atoms with van der Waals surface area (Å²) >= 11 is 0.